The van der Waals surface area contributed by atoms with Crippen LogP contribution >= 0.6 is 0 Å². The Hall–Kier alpha value is -7.16. The van der Waals surface area contributed by atoms with Crippen LogP contribution in [0.4, 0.5) is 9.59 Å². The fraction of sp³-hybridized carbons (Fsp3) is 0.333. The second-order valence-electron chi connectivity index (χ2n) is 16.1. The van der Waals surface area contributed by atoms with Crippen LogP contribution in [0.2, 0.25) is 0 Å². The minimum Gasteiger partial charge on any atom is -0.496 e. The summed E-state index contributed by atoms with van der Waals surface area (Å²) in [6.45, 7) is 3.50. The van der Waals surface area contributed by atoms with Crippen LogP contribution in [0.1, 0.15) is 74.4 Å². The van der Waals surface area contributed by atoms with Gasteiger partial charge in [0.05, 0.1) is 57.2 Å². The summed E-state index contributed by atoms with van der Waals surface area (Å²) in [5.74, 6) is 1.70. The first-order valence-corrected chi connectivity index (χ1v) is 21.3. The number of ether oxygens (including phenoxy) is 3. The summed E-state index contributed by atoms with van der Waals surface area (Å²) in [4.78, 5) is 71.3. The molecule has 15 nitrogen and oxygen atoms in total. The molecule has 0 aliphatic carbocycles. The van der Waals surface area contributed by atoms with Crippen molar-refractivity contribution in [2.24, 2.45) is 5.92 Å². The third kappa shape index (κ3) is 9.22. The third-order valence-corrected chi connectivity index (χ3v) is 12.1. The topological polar surface area (TPSA) is 184 Å². The Kier molecular flexibility index (Phi) is 12.7. The number of H-pyrrole nitrogens is 2. The average Bonchev–Trinajstić information content (AvgIpc) is 4.17. The van der Waals surface area contributed by atoms with Crippen molar-refractivity contribution in [3.8, 4) is 39.4 Å². The van der Waals surface area contributed by atoms with Gasteiger partial charge in [-0.3, -0.25) is 9.59 Å². The largest absolute Gasteiger partial charge is 0.496 e. The number of rotatable bonds is 13. The number of aromatic nitrogens is 4. The number of benzene rings is 4. The van der Waals surface area contributed by atoms with Crippen molar-refractivity contribution in [3.05, 3.63) is 115 Å². The van der Waals surface area contributed by atoms with Gasteiger partial charge in [-0.05, 0) is 77.3 Å². The first-order chi connectivity index (χ1) is 30.6. The van der Waals surface area contributed by atoms with Gasteiger partial charge in [0, 0.05) is 37.2 Å². The summed E-state index contributed by atoms with van der Waals surface area (Å²) in [7, 11) is 4.12. The van der Waals surface area contributed by atoms with Crippen LogP contribution in [-0.2, 0) is 19.1 Å². The number of aromatic amines is 2. The standard InChI is InChI=1S/C48H52N8O7/c1-29(26-51-47(59)62-3)23-42(57)55-21-7-10-39(55)44-50-28-38(53-44)35-20-19-33-24-32(17-18-34(33)25-35)30-13-15-31(16-14-30)37-27-49-45(52-37)40-11-8-22-56(40)46(58)43(54-48(60)63-4)36-9-5-6-12-41(36)61-2/h5-6,9,12-20,24-25,27-29,39-40,43H,7-8,10-11,21-23,26H2,1-4H3,(H,49,52)(H,50,53)(H,51,59)(H,54,60). The SMILES string of the molecule is COC(=O)NCC(C)CC(=O)N1CCCC1c1ncc(-c2ccc3cc(-c4ccc(-c5cnc(C6CCCN6C(=O)C(NC(=O)OC)c6ccccc6OC)[nH]5)cc4)ccc3c2)[nH]1. The van der Waals surface area contributed by atoms with Crippen LogP contribution in [0, 0.1) is 5.92 Å². The van der Waals surface area contributed by atoms with Crippen LogP contribution in [-0.4, -0.2) is 94.7 Å². The summed E-state index contributed by atoms with van der Waals surface area (Å²) in [6.07, 6.45) is 6.01. The zero-order chi connectivity index (χ0) is 44.0. The molecule has 2 aromatic heterocycles. The molecule has 4 unspecified atom stereocenters. The molecule has 8 rings (SSSR count). The van der Waals surface area contributed by atoms with Gasteiger partial charge >= 0.3 is 12.2 Å². The van der Waals surface area contributed by atoms with E-state index < -0.39 is 18.2 Å². The van der Waals surface area contributed by atoms with Crippen molar-refractivity contribution >= 4 is 34.8 Å². The molecule has 6 aromatic rings. The summed E-state index contributed by atoms with van der Waals surface area (Å²) in [5.41, 5.74) is 6.40. The van der Waals surface area contributed by atoms with E-state index in [2.05, 4.69) is 86.0 Å². The molecule has 4 N–H and O–H groups in total. The summed E-state index contributed by atoms with van der Waals surface area (Å²) in [6, 6.07) is 26.8. The van der Waals surface area contributed by atoms with E-state index in [1.807, 2.05) is 24.1 Å². The van der Waals surface area contributed by atoms with Crippen molar-refractivity contribution in [1.82, 2.24) is 40.4 Å². The maximum Gasteiger partial charge on any atom is 0.407 e. The van der Waals surface area contributed by atoms with Gasteiger partial charge in [-0.1, -0.05) is 73.7 Å². The van der Waals surface area contributed by atoms with E-state index in [1.54, 1.807) is 29.3 Å². The molecule has 4 amide bonds. The van der Waals surface area contributed by atoms with Gasteiger partial charge in [0.25, 0.3) is 5.91 Å². The first kappa shape index (κ1) is 42.5. The van der Waals surface area contributed by atoms with Crippen LogP contribution < -0.4 is 15.4 Å². The lowest BCUT2D eigenvalue weighted by Gasteiger charge is -2.29. The Morgan fingerprint density at radius 3 is 1.95 bits per heavy atom. The molecule has 2 fully saturated rings. The smallest absolute Gasteiger partial charge is 0.407 e. The average molecular weight is 853 g/mol. The second-order valence-corrected chi connectivity index (χ2v) is 16.1. The number of imidazole rings is 2. The predicted octanol–water partition coefficient (Wildman–Crippen LogP) is 8.10. The number of nitrogens with zero attached hydrogens (tertiary/aromatic N) is 4. The normalized spacial score (nSPS) is 17.0. The maximum absolute atomic E-state index is 14.1. The number of amides is 4. The molecule has 0 spiro atoms. The van der Waals surface area contributed by atoms with E-state index in [0.29, 0.717) is 43.2 Å². The summed E-state index contributed by atoms with van der Waals surface area (Å²) in [5, 5.41) is 7.58. The number of methoxy groups -OCH3 is 3. The van der Waals surface area contributed by atoms with Crippen molar-refractivity contribution in [2.45, 2.75) is 57.2 Å². The van der Waals surface area contributed by atoms with Gasteiger partial charge in [-0.25, -0.2) is 19.6 Å². The van der Waals surface area contributed by atoms with Crippen molar-refractivity contribution < 1.29 is 33.4 Å². The molecular formula is C48H52N8O7. The lowest BCUT2D eigenvalue weighted by atomic mass is 9.98. The molecule has 0 saturated carbocycles. The highest BCUT2D eigenvalue weighted by atomic mass is 16.5. The number of carbonyl (C=O) groups is 4. The fourth-order valence-electron chi connectivity index (χ4n) is 8.74. The van der Waals surface area contributed by atoms with Gasteiger partial charge in [-0.15, -0.1) is 0 Å². The summed E-state index contributed by atoms with van der Waals surface area (Å²) >= 11 is 0. The minimum absolute atomic E-state index is 0.0278. The van der Waals surface area contributed by atoms with Crippen LogP contribution in [0.15, 0.2) is 97.3 Å². The van der Waals surface area contributed by atoms with Crippen molar-refractivity contribution in [3.63, 3.8) is 0 Å². The number of likely N-dealkylation sites (tertiary alicyclic amines) is 2. The van der Waals surface area contributed by atoms with E-state index in [0.717, 1.165) is 75.9 Å². The highest BCUT2D eigenvalue weighted by Gasteiger charge is 2.38. The lowest BCUT2D eigenvalue weighted by molar-refractivity contribution is -0.135. The minimum atomic E-state index is -1.00. The Labute approximate surface area is 365 Å². The molecule has 4 atom stereocenters. The Morgan fingerprint density at radius 1 is 0.714 bits per heavy atom. The van der Waals surface area contributed by atoms with Crippen LogP contribution in [0.25, 0.3) is 44.4 Å². The highest BCUT2D eigenvalue weighted by molar-refractivity contribution is 5.91. The number of hydrogen-bond donors (Lipinski definition) is 4. The molecule has 0 radical (unpaired) electrons. The van der Waals surface area contributed by atoms with E-state index >= 15 is 0 Å². The van der Waals surface area contributed by atoms with E-state index in [-0.39, 0.29) is 29.8 Å². The lowest BCUT2D eigenvalue weighted by Crippen LogP contribution is -2.43. The predicted molar refractivity (Wildman–Crippen MR) is 237 cm³/mol. The zero-order valence-corrected chi connectivity index (χ0v) is 35.9. The van der Waals surface area contributed by atoms with Gasteiger partial charge in [0.1, 0.15) is 23.4 Å². The Bertz CT molecular complexity index is 2600. The number of carbonyl (C=O) groups excluding carboxylic acids is 4. The molecule has 326 valence electrons. The Morgan fingerprint density at radius 2 is 1.29 bits per heavy atom. The second kappa shape index (κ2) is 18.8. The maximum atomic E-state index is 14.1. The number of nitrogens with one attached hydrogen (secondary N) is 4. The number of para-hydroxylation sites is 1. The number of hydrogen-bond acceptors (Lipinski definition) is 9. The molecule has 4 aromatic carbocycles. The van der Waals surface area contributed by atoms with Crippen molar-refractivity contribution in [1.29, 1.82) is 0 Å². The molecular weight excluding hydrogens is 801 g/mol. The van der Waals surface area contributed by atoms with Gasteiger partial charge in [0.2, 0.25) is 5.91 Å². The first-order valence-electron chi connectivity index (χ1n) is 21.3. The zero-order valence-electron chi connectivity index (χ0n) is 35.9. The Balaban J connectivity index is 0.926. The van der Waals surface area contributed by atoms with Crippen molar-refractivity contribution in [2.75, 3.05) is 41.0 Å². The molecule has 63 heavy (non-hydrogen) atoms. The number of fused-ring (bicyclic) bond motifs is 1. The van der Waals surface area contributed by atoms with E-state index in [4.69, 9.17) is 19.4 Å². The number of alkyl carbamates (subject to hydrolysis) is 2. The molecule has 0 bridgehead atoms. The van der Waals surface area contributed by atoms with Gasteiger partial charge in [0.15, 0.2) is 0 Å². The van der Waals surface area contributed by atoms with Crippen LogP contribution in [0.3, 0.4) is 0 Å². The van der Waals surface area contributed by atoms with E-state index in [1.165, 1.54) is 21.3 Å². The molecule has 2 aliphatic rings. The van der Waals surface area contributed by atoms with Gasteiger partial charge < -0.3 is 44.6 Å². The molecule has 4 heterocycles. The fourth-order valence-corrected chi connectivity index (χ4v) is 8.74. The van der Waals surface area contributed by atoms with Gasteiger partial charge in [-0.2, -0.15) is 0 Å². The quantitative estimate of drug-likeness (QED) is 0.0892. The molecule has 15 heteroatoms. The van der Waals surface area contributed by atoms with Crippen LogP contribution in [0.5, 0.6) is 5.75 Å². The van der Waals surface area contributed by atoms with E-state index in [9.17, 15) is 19.2 Å². The summed E-state index contributed by atoms with van der Waals surface area (Å²) < 4.78 is 15.0. The molecule has 2 aliphatic heterocycles. The monoisotopic (exact) mass is 852 g/mol. The highest BCUT2D eigenvalue weighted by Crippen LogP contribution is 2.37. The molecule has 2 saturated heterocycles. The third-order valence-electron chi connectivity index (χ3n) is 12.1.